The number of anilines is 1. The van der Waals surface area contributed by atoms with Gasteiger partial charge in [-0.15, -0.1) is 0 Å². The highest BCUT2D eigenvalue weighted by atomic mass is 19.4. The Morgan fingerprint density at radius 1 is 1.00 bits per heavy atom. The first-order chi connectivity index (χ1) is 23.5. The number of aromatic nitrogens is 2. The third-order valence-corrected chi connectivity index (χ3v) is 8.62. The molecule has 4 aromatic carbocycles. The molecule has 50 heavy (non-hydrogen) atoms. The zero-order valence-electron chi connectivity index (χ0n) is 27.8. The summed E-state index contributed by atoms with van der Waals surface area (Å²) in [7, 11) is 1.34. The topological polar surface area (TPSA) is 132 Å². The number of fused-ring (bicyclic) bond motifs is 1. The van der Waals surface area contributed by atoms with Gasteiger partial charge in [0.2, 0.25) is 5.91 Å². The van der Waals surface area contributed by atoms with Crippen LogP contribution in [0.4, 0.5) is 23.2 Å². The van der Waals surface area contributed by atoms with E-state index in [9.17, 15) is 32.3 Å². The second-order valence-electron chi connectivity index (χ2n) is 12.9. The van der Waals surface area contributed by atoms with Crippen LogP contribution in [0.2, 0.25) is 0 Å². The molecule has 0 spiro atoms. The molecule has 1 aromatic heterocycles. The molecule has 5 N–H and O–H groups in total. The number of nitrogens with zero attached hydrogens (tertiary/aromatic N) is 2. The maximum absolute atomic E-state index is 14.6. The van der Waals surface area contributed by atoms with E-state index in [1.54, 1.807) is 78.3 Å². The van der Waals surface area contributed by atoms with Crippen LogP contribution in [0.25, 0.3) is 16.6 Å². The minimum Gasteiger partial charge on any atom is -0.496 e. The fraction of sp³-hybridized carbons (Fsp3) is 0.270. The van der Waals surface area contributed by atoms with E-state index >= 15 is 0 Å². The molecule has 0 bridgehead atoms. The summed E-state index contributed by atoms with van der Waals surface area (Å²) in [5.41, 5.74) is 4.09. The molecule has 0 saturated heterocycles. The van der Waals surface area contributed by atoms with E-state index in [0.29, 0.717) is 33.4 Å². The molecule has 262 valence electrons. The third kappa shape index (κ3) is 7.42. The van der Waals surface area contributed by atoms with Crippen LogP contribution in [0, 0.1) is 12.7 Å². The number of aryl methyl sites for hydroxylation is 1. The molecule has 0 saturated carbocycles. The average molecular weight is 692 g/mol. The highest BCUT2D eigenvalue weighted by molar-refractivity contribution is 5.98. The van der Waals surface area contributed by atoms with Gasteiger partial charge in [0.05, 0.1) is 31.1 Å². The monoisotopic (exact) mass is 691 g/mol. The van der Waals surface area contributed by atoms with E-state index in [4.69, 9.17) is 10.5 Å². The van der Waals surface area contributed by atoms with E-state index in [1.807, 2.05) is 0 Å². The van der Waals surface area contributed by atoms with E-state index in [1.165, 1.54) is 33.2 Å². The van der Waals surface area contributed by atoms with Gasteiger partial charge in [-0.1, -0.05) is 44.2 Å². The predicted molar refractivity (Wildman–Crippen MR) is 182 cm³/mol. The lowest BCUT2D eigenvalue weighted by molar-refractivity contribution is -0.260. The van der Waals surface area contributed by atoms with Gasteiger partial charge in [-0.05, 0) is 84.5 Å². The maximum Gasteiger partial charge on any atom is 0.418 e. The summed E-state index contributed by atoms with van der Waals surface area (Å²) in [4.78, 5) is 25.1. The van der Waals surface area contributed by atoms with Crippen molar-refractivity contribution in [3.8, 4) is 11.4 Å². The fourth-order valence-electron chi connectivity index (χ4n) is 6.09. The number of hydrogen-bond acceptors (Lipinski definition) is 6. The molecule has 13 heteroatoms. The fourth-order valence-corrected chi connectivity index (χ4v) is 6.09. The zero-order chi connectivity index (χ0) is 36.4. The Morgan fingerprint density at radius 3 is 2.30 bits per heavy atom. The second kappa shape index (κ2) is 13.8. The average Bonchev–Trinajstić information content (AvgIpc) is 3.49. The predicted octanol–water partition coefficient (Wildman–Crippen LogP) is 6.51. The molecule has 2 amide bonds. The SMILES string of the molecule is COc1ccc(F)cc1C(C)(C)CC(O)(CNc1cc(C)cc2c1cnn2-c1ccc(C(=O)N[C@H](C(N)=O)c2ccccc2)cc1)C(F)(F)F. The van der Waals surface area contributed by atoms with Crippen LogP contribution < -0.4 is 21.1 Å². The lowest BCUT2D eigenvalue weighted by atomic mass is 9.74. The summed E-state index contributed by atoms with van der Waals surface area (Å²) >= 11 is 0. The number of ether oxygens (including phenoxy) is 1. The van der Waals surface area contributed by atoms with Gasteiger partial charge in [-0.25, -0.2) is 9.07 Å². The molecule has 0 radical (unpaired) electrons. The van der Waals surface area contributed by atoms with E-state index in [-0.39, 0.29) is 16.9 Å². The molecule has 0 aliphatic carbocycles. The molecule has 9 nitrogen and oxygen atoms in total. The zero-order valence-corrected chi connectivity index (χ0v) is 27.8. The molecule has 5 aromatic rings. The summed E-state index contributed by atoms with van der Waals surface area (Å²) in [6.07, 6.45) is -4.35. The number of carbonyl (C=O) groups is 2. The summed E-state index contributed by atoms with van der Waals surface area (Å²) in [5.74, 6) is -1.67. The number of carbonyl (C=O) groups excluding carboxylic acids is 2. The molecule has 0 aliphatic heterocycles. The Morgan fingerprint density at radius 2 is 1.68 bits per heavy atom. The van der Waals surface area contributed by atoms with E-state index < -0.39 is 53.8 Å². The van der Waals surface area contributed by atoms with Crippen LogP contribution in [-0.4, -0.2) is 52.1 Å². The first kappa shape index (κ1) is 35.9. The van der Waals surface area contributed by atoms with Crippen LogP contribution in [0.15, 0.2) is 91.1 Å². The van der Waals surface area contributed by atoms with Crippen molar-refractivity contribution in [2.24, 2.45) is 5.73 Å². The van der Waals surface area contributed by atoms with Gasteiger partial charge in [-0.2, -0.15) is 18.3 Å². The van der Waals surface area contributed by atoms with Crippen molar-refractivity contribution in [1.29, 1.82) is 0 Å². The van der Waals surface area contributed by atoms with Gasteiger partial charge < -0.3 is 26.2 Å². The van der Waals surface area contributed by atoms with Crippen molar-refractivity contribution in [2.75, 3.05) is 19.0 Å². The Labute approximate surface area is 286 Å². The van der Waals surface area contributed by atoms with Crippen molar-refractivity contribution in [1.82, 2.24) is 15.1 Å². The van der Waals surface area contributed by atoms with Crippen molar-refractivity contribution in [3.05, 3.63) is 119 Å². The van der Waals surface area contributed by atoms with Crippen molar-refractivity contribution < 1.29 is 37.0 Å². The number of primary amides is 1. The van der Waals surface area contributed by atoms with Crippen molar-refractivity contribution >= 4 is 28.4 Å². The number of aliphatic hydroxyl groups is 1. The number of halogens is 4. The van der Waals surface area contributed by atoms with Crippen LogP contribution >= 0.6 is 0 Å². The standard InChI is InChI=1S/C37H37F4N5O4/c1-22-16-29(43-21-36(49,37(39,40)41)20-35(2,3)28-18-25(38)12-15-31(28)50-4)27-19-44-46(30(27)17-22)26-13-10-24(11-14-26)34(48)45-32(33(42)47)23-8-6-5-7-9-23/h5-19,32,43,49H,20-21H2,1-4H3,(H2,42,47)(H,45,48)/t32-,36?/m0/s1. The Kier molecular flexibility index (Phi) is 9.92. The summed E-state index contributed by atoms with van der Waals surface area (Å²) < 4.78 is 64.7. The second-order valence-corrected chi connectivity index (χ2v) is 12.9. The van der Waals surface area contributed by atoms with Gasteiger partial charge in [0.15, 0.2) is 5.60 Å². The van der Waals surface area contributed by atoms with Crippen molar-refractivity contribution in [3.63, 3.8) is 0 Å². The van der Waals surface area contributed by atoms with Crippen LogP contribution in [-0.2, 0) is 10.2 Å². The van der Waals surface area contributed by atoms with Crippen LogP contribution in [0.1, 0.15) is 53.4 Å². The molecule has 1 unspecified atom stereocenters. The maximum atomic E-state index is 14.6. The molecule has 2 atom stereocenters. The molecule has 5 rings (SSSR count). The minimum absolute atomic E-state index is 0.189. The van der Waals surface area contributed by atoms with Crippen LogP contribution in [0.5, 0.6) is 5.75 Å². The Hall–Kier alpha value is -5.43. The first-order valence-electron chi connectivity index (χ1n) is 15.6. The lowest BCUT2D eigenvalue weighted by Crippen LogP contribution is -2.53. The van der Waals surface area contributed by atoms with Gasteiger partial charge in [0.25, 0.3) is 5.91 Å². The smallest absolute Gasteiger partial charge is 0.418 e. The van der Waals surface area contributed by atoms with Crippen molar-refractivity contribution in [2.45, 2.75) is 50.4 Å². The van der Waals surface area contributed by atoms with E-state index in [2.05, 4.69) is 15.7 Å². The number of benzene rings is 4. The summed E-state index contributed by atoms with van der Waals surface area (Å²) in [6, 6.07) is 21.0. The molecule has 0 fully saturated rings. The van der Waals surface area contributed by atoms with Gasteiger partial charge in [-0.3, -0.25) is 9.59 Å². The van der Waals surface area contributed by atoms with E-state index in [0.717, 1.165) is 12.1 Å². The van der Waals surface area contributed by atoms with Gasteiger partial charge in [0.1, 0.15) is 17.6 Å². The number of nitrogens with one attached hydrogen (secondary N) is 2. The molecular weight excluding hydrogens is 654 g/mol. The lowest BCUT2D eigenvalue weighted by Gasteiger charge is -2.38. The largest absolute Gasteiger partial charge is 0.496 e. The highest BCUT2D eigenvalue weighted by Crippen LogP contribution is 2.44. The summed E-state index contributed by atoms with van der Waals surface area (Å²) in [6.45, 7) is 3.85. The third-order valence-electron chi connectivity index (χ3n) is 8.62. The number of methoxy groups -OCH3 is 1. The Bertz CT molecular complexity index is 2010. The first-order valence-corrected chi connectivity index (χ1v) is 15.6. The normalized spacial score (nSPS) is 13.8. The minimum atomic E-state index is -5.04. The highest BCUT2D eigenvalue weighted by Gasteiger charge is 2.56. The quantitative estimate of drug-likeness (QED) is 0.110. The van der Waals surface area contributed by atoms with Crippen LogP contribution in [0.3, 0.4) is 0 Å². The number of hydrogen-bond donors (Lipinski definition) is 4. The summed E-state index contributed by atoms with van der Waals surface area (Å²) in [5, 5.41) is 21.6. The number of rotatable bonds is 12. The molecule has 1 heterocycles. The number of amides is 2. The Balaban J connectivity index is 1.39. The molecule has 0 aliphatic rings. The number of alkyl halides is 3. The van der Waals surface area contributed by atoms with Gasteiger partial charge in [0, 0.05) is 22.2 Å². The number of nitrogens with two attached hydrogens (primary N) is 1. The molecular formula is C37H37F4N5O4. The van der Waals surface area contributed by atoms with Gasteiger partial charge >= 0.3 is 6.18 Å².